The van der Waals surface area contributed by atoms with Gasteiger partial charge in [-0.1, -0.05) is 12.2 Å². The number of anilines is 1. The summed E-state index contributed by atoms with van der Waals surface area (Å²) in [5.41, 5.74) is 10.0. The average Bonchev–Trinajstić information content (AvgIpc) is 2.23. The lowest BCUT2D eigenvalue weighted by atomic mass is 10.1. The molecule has 1 rings (SSSR count). The van der Waals surface area contributed by atoms with Crippen molar-refractivity contribution in [2.24, 2.45) is 11.5 Å². The molecule has 98 valence electrons. The molecule has 0 saturated carbocycles. The smallest absolute Gasteiger partial charge is 0.219 e. The standard InChI is InChI=1S/C11H13F2N3OS/c1-5(4-8(14)17)16-7-3-2-6(11(15)18)9(12)10(7)13/h2-3,5,16H,4H2,1H3,(H2,14,17)(H2,15,18). The van der Waals surface area contributed by atoms with Gasteiger partial charge in [0.1, 0.15) is 4.99 Å². The fourth-order valence-electron chi connectivity index (χ4n) is 1.47. The van der Waals surface area contributed by atoms with Gasteiger partial charge >= 0.3 is 0 Å². The van der Waals surface area contributed by atoms with E-state index in [4.69, 9.17) is 11.5 Å². The third-order valence-electron chi connectivity index (χ3n) is 2.26. The minimum Gasteiger partial charge on any atom is -0.389 e. The van der Waals surface area contributed by atoms with E-state index in [1.54, 1.807) is 6.92 Å². The normalized spacial score (nSPS) is 11.9. The number of hydrogen-bond acceptors (Lipinski definition) is 3. The van der Waals surface area contributed by atoms with Crippen LogP contribution in [0.2, 0.25) is 0 Å². The number of carbonyl (C=O) groups excluding carboxylic acids is 1. The van der Waals surface area contributed by atoms with Gasteiger partial charge in [0.15, 0.2) is 11.6 Å². The largest absolute Gasteiger partial charge is 0.389 e. The van der Waals surface area contributed by atoms with Gasteiger partial charge < -0.3 is 16.8 Å². The molecule has 1 aromatic rings. The van der Waals surface area contributed by atoms with Crippen molar-refractivity contribution < 1.29 is 13.6 Å². The Morgan fingerprint density at radius 3 is 2.50 bits per heavy atom. The highest BCUT2D eigenvalue weighted by atomic mass is 32.1. The Labute approximate surface area is 108 Å². The fourth-order valence-corrected chi connectivity index (χ4v) is 1.63. The van der Waals surface area contributed by atoms with E-state index >= 15 is 0 Å². The topological polar surface area (TPSA) is 81.1 Å². The number of halogens is 2. The van der Waals surface area contributed by atoms with E-state index in [1.807, 2.05) is 0 Å². The second-order valence-electron chi connectivity index (χ2n) is 3.87. The van der Waals surface area contributed by atoms with Crippen LogP contribution in [0.25, 0.3) is 0 Å². The van der Waals surface area contributed by atoms with Crippen molar-refractivity contribution in [3.8, 4) is 0 Å². The van der Waals surface area contributed by atoms with E-state index in [9.17, 15) is 13.6 Å². The van der Waals surface area contributed by atoms with Gasteiger partial charge in [-0.05, 0) is 19.1 Å². The Kier molecular flexibility index (Phi) is 4.55. The summed E-state index contributed by atoms with van der Waals surface area (Å²) < 4.78 is 27.2. The van der Waals surface area contributed by atoms with Crippen LogP contribution in [0.15, 0.2) is 12.1 Å². The Morgan fingerprint density at radius 2 is 2.00 bits per heavy atom. The van der Waals surface area contributed by atoms with Gasteiger partial charge in [0.05, 0.1) is 5.69 Å². The first-order chi connectivity index (χ1) is 8.32. The lowest BCUT2D eigenvalue weighted by Crippen LogP contribution is -2.24. The highest BCUT2D eigenvalue weighted by molar-refractivity contribution is 7.80. The molecular weight excluding hydrogens is 260 g/mol. The van der Waals surface area contributed by atoms with Gasteiger partial charge in [0, 0.05) is 18.0 Å². The van der Waals surface area contributed by atoms with Crippen molar-refractivity contribution in [3.05, 3.63) is 29.3 Å². The lowest BCUT2D eigenvalue weighted by Gasteiger charge is -2.15. The van der Waals surface area contributed by atoms with Crippen molar-refractivity contribution in [3.63, 3.8) is 0 Å². The zero-order valence-electron chi connectivity index (χ0n) is 9.67. The van der Waals surface area contributed by atoms with Crippen LogP contribution in [-0.2, 0) is 4.79 Å². The highest BCUT2D eigenvalue weighted by Crippen LogP contribution is 2.21. The molecule has 5 N–H and O–H groups in total. The minimum absolute atomic E-state index is 0.0120. The average molecular weight is 273 g/mol. The third-order valence-corrected chi connectivity index (χ3v) is 2.48. The van der Waals surface area contributed by atoms with E-state index in [-0.39, 0.29) is 22.7 Å². The minimum atomic E-state index is -1.11. The number of amides is 1. The second-order valence-corrected chi connectivity index (χ2v) is 4.31. The molecule has 1 unspecified atom stereocenters. The highest BCUT2D eigenvalue weighted by Gasteiger charge is 2.16. The summed E-state index contributed by atoms with van der Waals surface area (Å²) in [6.45, 7) is 1.63. The Bertz CT molecular complexity index is 493. The number of rotatable bonds is 5. The van der Waals surface area contributed by atoms with Crippen LogP contribution in [0, 0.1) is 11.6 Å². The molecule has 4 nitrogen and oxygen atoms in total. The van der Waals surface area contributed by atoms with Gasteiger partial charge in [0.2, 0.25) is 5.91 Å². The van der Waals surface area contributed by atoms with Gasteiger partial charge in [0.25, 0.3) is 0 Å². The SMILES string of the molecule is CC(CC(N)=O)Nc1ccc(C(N)=S)c(F)c1F. The van der Waals surface area contributed by atoms with E-state index in [0.717, 1.165) is 0 Å². The molecule has 0 saturated heterocycles. The molecule has 0 aliphatic carbocycles. The van der Waals surface area contributed by atoms with Crippen LogP contribution < -0.4 is 16.8 Å². The van der Waals surface area contributed by atoms with E-state index < -0.39 is 23.6 Å². The predicted molar refractivity (Wildman–Crippen MR) is 69.1 cm³/mol. The molecule has 18 heavy (non-hydrogen) atoms. The van der Waals surface area contributed by atoms with Crippen LogP contribution in [0.4, 0.5) is 14.5 Å². The summed E-state index contributed by atoms with van der Waals surface area (Å²) >= 11 is 4.59. The fraction of sp³-hybridized carbons (Fsp3) is 0.273. The maximum absolute atomic E-state index is 13.7. The van der Waals surface area contributed by atoms with Crippen LogP contribution >= 0.6 is 12.2 Å². The molecule has 0 fully saturated rings. The second kappa shape index (κ2) is 5.72. The Morgan fingerprint density at radius 1 is 1.39 bits per heavy atom. The van der Waals surface area contributed by atoms with Crippen molar-refractivity contribution in [2.45, 2.75) is 19.4 Å². The predicted octanol–water partition coefficient (Wildman–Crippen LogP) is 1.27. The summed E-state index contributed by atoms with van der Waals surface area (Å²) in [6.07, 6.45) is 0.0120. The molecule has 0 spiro atoms. The van der Waals surface area contributed by atoms with Crippen molar-refractivity contribution >= 4 is 28.8 Å². The number of nitrogens with two attached hydrogens (primary N) is 2. The van der Waals surface area contributed by atoms with Gasteiger partial charge in [-0.25, -0.2) is 8.78 Å². The van der Waals surface area contributed by atoms with Gasteiger partial charge in [-0.2, -0.15) is 0 Å². The number of primary amides is 1. The molecule has 7 heteroatoms. The zero-order chi connectivity index (χ0) is 13.9. The molecule has 0 aromatic heterocycles. The van der Waals surface area contributed by atoms with Gasteiger partial charge in [-0.15, -0.1) is 0 Å². The van der Waals surface area contributed by atoms with Crippen LogP contribution in [-0.4, -0.2) is 16.9 Å². The molecule has 1 atom stereocenters. The number of thiocarbonyl (C=S) groups is 1. The molecular formula is C11H13F2N3OS. The monoisotopic (exact) mass is 273 g/mol. The summed E-state index contributed by atoms with van der Waals surface area (Å²) in [5, 5.41) is 2.65. The van der Waals surface area contributed by atoms with Crippen molar-refractivity contribution in [2.75, 3.05) is 5.32 Å². The third kappa shape index (κ3) is 3.36. The maximum Gasteiger partial charge on any atom is 0.219 e. The van der Waals surface area contributed by atoms with Crippen LogP contribution in [0.3, 0.4) is 0 Å². The Balaban J connectivity index is 2.95. The summed E-state index contributed by atoms with van der Waals surface area (Å²) in [4.78, 5) is 10.5. The quantitative estimate of drug-likeness (QED) is 0.706. The first-order valence-electron chi connectivity index (χ1n) is 5.15. The summed E-state index contributed by atoms with van der Waals surface area (Å²) in [5.74, 6) is -2.73. The number of carbonyl (C=O) groups is 1. The first-order valence-corrected chi connectivity index (χ1v) is 5.56. The maximum atomic E-state index is 13.7. The van der Waals surface area contributed by atoms with E-state index in [0.29, 0.717) is 0 Å². The zero-order valence-corrected chi connectivity index (χ0v) is 10.5. The van der Waals surface area contributed by atoms with E-state index in [2.05, 4.69) is 17.5 Å². The lowest BCUT2D eigenvalue weighted by molar-refractivity contribution is -0.118. The molecule has 0 bridgehead atoms. The molecule has 0 heterocycles. The van der Waals surface area contributed by atoms with Crippen molar-refractivity contribution in [1.29, 1.82) is 0 Å². The molecule has 0 aliphatic heterocycles. The van der Waals surface area contributed by atoms with Gasteiger partial charge in [-0.3, -0.25) is 4.79 Å². The number of hydrogen-bond donors (Lipinski definition) is 3. The number of benzene rings is 1. The summed E-state index contributed by atoms with van der Waals surface area (Å²) in [6, 6.07) is 2.18. The first kappa shape index (κ1) is 14.3. The Hall–Kier alpha value is -1.76. The van der Waals surface area contributed by atoms with Crippen LogP contribution in [0.5, 0.6) is 0 Å². The van der Waals surface area contributed by atoms with Crippen LogP contribution in [0.1, 0.15) is 18.9 Å². The number of nitrogens with one attached hydrogen (secondary N) is 1. The molecule has 1 aromatic carbocycles. The molecule has 1 amide bonds. The molecule has 0 aliphatic rings. The van der Waals surface area contributed by atoms with E-state index in [1.165, 1.54) is 12.1 Å². The summed E-state index contributed by atoms with van der Waals surface area (Å²) in [7, 11) is 0. The van der Waals surface area contributed by atoms with Crippen molar-refractivity contribution in [1.82, 2.24) is 0 Å². The molecule has 0 radical (unpaired) electrons.